The standard InChI is InChI=1S/C15H11ClN2O3S/c16-9-5-6-13(19)10(7-9)12(18-20)8-22-15-17-11-3-1-2-4-14(11)21-15/h1-7,19-20H,8H2. The second kappa shape index (κ2) is 6.29. The molecule has 0 unspecified atom stereocenters. The van der Waals surface area contributed by atoms with Gasteiger partial charge in [0.1, 0.15) is 17.0 Å². The Balaban J connectivity index is 1.80. The van der Waals surface area contributed by atoms with E-state index in [4.69, 9.17) is 16.0 Å². The van der Waals surface area contributed by atoms with Crippen LogP contribution < -0.4 is 0 Å². The van der Waals surface area contributed by atoms with Crippen LogP contribution in [-0.4, -0.2) is 26.8 Å². The Morgan fingerprint density at radius 3 is 2.86 bits per heavy atom. The molecule has 7 heteroatoms. The monoisotopic (exact) mass is 334 g/mol. The highest BCUT2D eigenvalue weighted by Gasteiger charge is 2.13. The second-order valence-corrected chi connectivity index (χ2v) is 5.81. The number of aromatic nitrogens is 1. The lowest BCUT2D eigenvalue weighted by molar-refractivity contribution is 0.319. The van der Waals surface area contributed by atoms with Gasteiger partial charge in [0, 0.05) is 16.3 Å². The maximum atomic E-state index is 9.85. The Hall–Kier alpha value is -2.18. The highest BCUT2D eigenvalue weighted by Crippen LogP contribution is 2.27. The van der Waals surface area contributed by atoms with Crippen LogP contribution in [0.4, 0.5) is 0 Å². The van der Waals surface area contributed by atoms with Gasteiger partial charge in [-0.2, -0.15) is 0 Å². The van der Waals surface area contributed by atoms with Crippen LogP contribution in [0.1, 0.15) is 5.56 Å². The van der Waals surface area contributed by atoms with Crippen molar-refractivity contribution in [2.75, 3.05) is 5.75 Å². The number of phenolic OH excluding ortho intramolecular Hbond substituents is 1. The molecule has 0 aliphatic rings. The number of halogens is 1. The Bertz CT molecular complexity index is 815. The van der Waals surface area contributed by atoms with Crippen molar-refractivity contribution in [3.63, 3.8) is 0 Å². The van der Waals surface area contributed by atoms with E-state index in [-0.39, 0.29) is 17.2 Å². The fourth-order valence-corrected chi connectivity index (χ4v) is 2.90. The van der Waals surface area contributed by atoms with E-state index >= 15 is 0 Å². The van der Waals surface area contributed by atoms with Crippen molar-refractivity contribution in [1.29, 1.82) is 0 Å². The largest absolute Gasteiger partial charge is 0.507 e. The minimum Gasteiger partial charge on any atom is -0.507 e. The molecule has 0 spiro atoms. The minimum atomic E-state index is -0.00429. The minimum absolute atomic E-state index is 0.00429. The fraction of sp³-hybridized carbons (Fsp3) is 0.0667. The van der Waals surface area contributed by atoms with Crippen molar-refractivity contribution in [3.05, 3.63) is 53.1 Å². The fourth-order valence-electron chi connectivity index (χ4n) is 1.94. The highest BCUT2D eigenvalue weighted by atomic mass is 35.5. The van der Waals surface area contributed by atoms with Gasteiger partial charge in [-0.1, -0.05) is 40.7 Å². The molecule has 0 aliphatic heterocycles. The number of fused-ring (bicyclic) bond motifs is 1. The molecule has 5 nitrogen and oxygen atoms in total. The average Bonchev–Trinajstić information content (AvgIpc) is 2.94. The summed E-state index contributed by atoms with van der Waals surface area (Å²) in [5, 5.41) is 23.2. The molecular weight excluding hydrogens is 324 g/mol. The van der Waals surface area contributed by atoms with Crippen LogP contribution in [0.3, 0.4) is 0 Å². The maximum Gasteiger partial charge on any atom is 0.257 e. The molecule has 3 rings (SSSR count). The lowest BCUT2D eigenvalue weighted by Gasteiger charge is -2.06. The first-order valence-corrected chi connectivity index (χ1v) is 7.72. The van der Waals surface area contributed by atoms with Gasteiger partial charge in [0.2, 0.25) is 0 Å². The lowest BCUT2D eigenvalue weighted by Crippen LogP contribution is -2.05. The number of benzene rings is 2. The van der Waals surface area contributed by atoms with E-state index in [1.165, 1.54) is 17.8 Å². The van der Waals surface area contributed by atoms with Gasteiger partial charge in [-0.05, 0) is 30.3 Å². The molecule has 2 N–H and O–H groups in total. The van der Waals surface area contributed by atoms with E-state index in [1.807, 2.05) is 24.3 Å². The zero-order valence-corrected chi connectivity index (χ0v) is 12.8. The maximum absolute atomic E-state index is 9.85. The molecule has 3 aromatic rings. The van der Waals surface area contributed by atoms with E-state index in [0.29, 0.717) is 21.4 Å². The number of aromatic hydroxyl groups is 1. The van der Waals surface area contributed by atoms with E-state index in [9.17, 15) is 10.3 Å². The zero-order chi connectivity index (χ0) is 15.5. The zero-order valence-electron chi connectivity index (χ0n) is 11.2. The molecule has 0 bridgehead atoms. The molecule has 0 radical (unpaired) electrons. The normalized spacial score (nSPS) is 12.0. The van der Waals surface area contributed by atoms with E-state index in [1.54, 1.807) is 12.1 Å². The highest BCUT2D eigenvalue weighted by molar-refractivity contribution is 7.99. The molecular formula is C15H11ClN2O3S. The molecule has 0 saturated heterocycles. The lowest BCUT2D eigenvalue weighted by atomic mass is 10.1. The number of phenols is 1. The summed E-state index contributed by atoms with van der Waals surface area (Å²) in [5.41, 5.74) is 2.11. The van der Waals surface area contributed by atoms with E-state index in [0.717, 1.165) is 5.52 Å². The summed E-state index contributed by atoms with van der Waals surface area (Å²) in [6, 6.07) is 12.0. The quantitative estimate of drug-likeness (QED) is 0.324. The summed E-state index contributed by atoms with van der Waals surface area (Å²) >= 11 is 7.17. The van der Waals surface area contributed by atoms with Gasteiger partial charge in [0.15, 0.2) is 5.58 Å². The summed E-state index contributed by atoms with van der Waals surface area (Å²) in [7, 11) is 0. The average molecular weight is 335 g/mol. The molecule has 1 heterocycles. The van der Waals surface area contributed by atoms with Gasteiger partial charge in [0.25, 0.3) is 5.22 Å². The third-order valence-electron chi connectivity index (χ3n) is 3.00. The molecule has 0 atom stereocenters. The van der Waals surface area contributed by atoms with Gasteiger partial charge < -0.3 is 14.7 Å². The second-order valence-electron chi connectivity index (χ2n) is 4.44. The summed E-state index contributed by atoms with van der Waals surface area (Å²) in [6.07, 6.45) is 0. The summed E-state index contributed by atoms with van der Waals surface area (Å²) in [6.45, 7) is 0. The molecule has 2 aromatic carbocycles. The summed E-state index contributed by atoms with van der Waals surface area (Å²) < 4.78 is 5.58. The van der Waals surface area contributed by atoms with Gasteiger partial charge in [-0.25, -0.2) is 4.98 Å². The molecule has 0 saturated carbocycles. The van der Waals surface area contributed by atoms with Crippen molar-refractivity contribution in [1.82, 2.24) is 4.98 Å². The van der Waals surface area contributed by atoms with E-state index in [2.05, 4.69) is 10.1 Å². The Kier molecular flexibility index (Phi) is 4.22. The molecule has 0 fully saturated rings. The van der Waals surface area contributed by atoms with Crippen LogP contribution in [0.5, 0.6) is 5.75 Å². The number of nitrogens with zero attached hydrogens (tertiary/aromatic N) is 2. The Morgan fingerprint density at radius 1 is 1.27 bits per heavy atom. The van der Waals surface area contributed by atoms with Crippen LogP contribution in [0.25, 0.3) is 11.1 Å². The SMILES string of the molecule is ON=C(CSc1nc2ccccc2o1)c1cc(Cl)ccc1O. The summed E-state index contributed by atoms with van der Waals surface area (Å²) in [5.74, 6) is 0.271. The van der Waals surface area contributed by atoms with Crippen LogP contribution in [0.2, 0.25) is 5.02 Å². The number of hydrogen-bond acceptors (Lipinski definition) is 6. The Morgan fingerprint density at radius 2 is 2.09 bits per heavy atom. The number of thioether (sulfide) groups is 1. The number of hydrogen-bond donors (Lipinski definition) is 2. The van der Waals surface area contributed by atoms with Crippen LogP contribution in [0, 0.1) is 0 Å². The third kappa shape index (κ3) is 3.03. The van der Waals surface area contributed by atoms with Gasteiger partial charge >= 0.3 is 0 Å². The first kappa shape index (κ1) is 14.7. The predicted octanol–water partition coefficient (Wildman–Crippen LogP) is 4.16. The molecule has 1 aromatic heterocycles. The molecule has 0 amide bonds. The van der Waals surface area contributed by atoms with Gasteiger partial charge in [-0.3, -0.25) is 0 Å². The van der Waals surface area contributed by atoms with Crippen molar-refractivity contribution in [2.24, 2.45) is 5.16 Å². The number of rotatable bonds is 4. The number of para-hydroxylation sites is 2. The third-order valence-corrected chi connectivity index (χ3v) is 4.07. The topological polar surface area (TPSA) is 78.9 Å². The van der Waals surface area contributed by atoms with Crippen molar-refractivity contribution < 1.29 is 14.7 Å². The van der Waals surface area contributed by atoms with Crippen molar-refractivity contribution in [2.45, 2.75) is 5.22 Å². The number of oxime groups is 1. The van der Waals surface area contributed by atoms with Crippen molar-refractivity contribution >= 4 is 40.2 Å². The van der Waals surface area contributed by atoms with Crippen LogP contribution >= 0.6 is 23.4 Å². The van der Waals surface area contributed by atoms with Gasteiger partial charge in [0.05, 0.1) is 0 Å². The van der Waals surface area contributed by atoms with Crippen LogP contribution in [-0.2, 0) is 0 Å². The molecule has 0 aliphatic carbocycles. The smallest absolute Gasteiger partial charge is 0.257 e. The Labute approximate surface area is 135 Å². The van der Waals surface area contributed by atoms with Crippen molar-refractivity contribution in [3.8, 4) is 5.75 Å². The van der Waals surface area contributed by atoms with Gasteiger partial charge in [-0.15, -0.1) is 0 Å². The first-order valence-electron chi connectivity index (χ1n) is 6.35. The predicted molar refractivity (Wildman–Crippen MR) is 86.2 cm³/mol. The molecule has 22 heavy (non-hydrogen) atoms. The summed E-state index contributed by atoms with van der Waals surface area (Å²) in [4.78, 5) is 4.32. The molecule has 112 valence electrons. The first-order chi connectivity index (χ1) is 10.7. The van der Waals surface area contributed by atoms with E-state index < -0.39 is 0 Å². The number of oxazole rings is 1. The van der Waals surface area contributed by atoms with Crippen LogP contribution in [0.15, 0.2) is 57.3 Å².